The molecule has 4 aromatic rings. The highest BCUT2D eigenvalue weighted by atomic mass is 35.5. The number of halogens is 1. The molecule has 0 amide bonds. The quantitative estimate of drug-likeness (QED) is 0.555. The van der Waals surface area contributed by atoms with Crippen LogP contribution in [0.2, 0.25) is 5.02 Å². The molecule has 0 aliphatic carbocycles. The number of tetrazole rings is 1. The smallest absolute Gasteiger partial charge is 0.368 e. The second-order valence-corrected chi connectivity index (χ2v) is 5.18. The predicted octanol–water partition coefficient (Wildman–Crippen LogP) is 1.77. The van der Waals surface area contributed by atoms with E-state index in [1.807, 2.05) is 0 Å². The van der Waals surface area contributed by atoms with Gasteiger partial charge in [-0.05, 0) is 34.7 Å². The van der Waals surface area contributed by atoms with Gasteiger partial charge in [0.05, 0.1) is 17.0 Å². The summed E-state index contributed by atoms with van der Waals surface area (Å²) in [7, 11) is 0. The molecule has 9 nitrogen and oxygen atoms in total. The summed E-state index contributed by atoms with van der Waals surface area (Å²) in [5, 5.41) is 11.8. The maximum Gasteiger partial charge on any atom is 0.368 e. The van der Waals surface area contributed by atoms with Crippen molar-refractivity contribution >= 4 is 11.6 Å². The molecule has 0 aliphatic rings. The second-order valence-electron chi connectivity index (χ2n) is 4.78. The maximum absolute atomic E-state index is 12.4. The van der Waals surface area contributed by atoms with E-state index < -0.39 is 5.69 Å². The molecule has 120 valence electrons. The highest BCUT2D eigenvalue weighted by Crippen LogP contribution is 2.18. The normalized spacial score (nSPS) is 11.0. The Morgan fingerprint density at radius 3 is 2.79 bits per heavy atom. The van der Waals surface area contributed by atoms with Crippen LogP contribution < -0.4 is 5.69 Å². The molecule has 24 heavy (non-hydrogen) atoms. The Bertz CT molecular complexity index is 1030. The molecule has 3 aromatic heterocycles. The first-order valence-corrected chi connectivity index (χ1v) is 7.24. The molecule has 0 bridgehead atoms. The Morgan fingerprint density at radius 2 is 2.00 bits per heavy atom. The number of hydrogen-bond donors (Lipinski definition) is 0. The van der Waals surface area contributed by atoms with Crippen LogP contribution in [0, 0.1) is 0 Å². The van der Waals surface area contributed by atoms with Crippen LogP contribution in [0.15, 0.2) is 56.4 Å². The monoisotopic (exact) mass is 344 g/mol. The zero-order valence-electron chi connectivity index (χ0n) is 12.0. The van der Waals surface area contributed by atoms with Gasteiger partial charge in [0.15, 0.2) is 11.6 Å². The lowest BCUT2D eigenvalue weighted by atomic mass is 10.3. The van der Waals surface area contributed by atoms with Crippen LogP contribution in [-0.4, -0.2) is 29.9 Å². The van der Waals surface area contributed by atoms with Crippen molar-refractivity contribution in [2.45, 2.75) is 6.54 Å². The predicted molar refractivity (Wildman–Crippen MR) is 81.7 cm³/mol. The van der Waals surface area contributed by atoms with E-state index in [4.69, 9.17) is 20.5 Å². The Morgan fingerprint density at radius 1 is 1.12 bits per heavy atom. The maximum atomic E-state index is 12.4. The molecule has 10 heteroatoms. The average Bonchev–Trinajstić information content (AvgIpc) is 3.31. The summed E-state index contributed by atoms with van der Waals surface area (Å²) < 4.78 is 12.5. The molecule has 0 saturated carbocycles. The SMILES string of the molecule is O=c1n(Cc2noc(-c3ccco3)n2)nnn1-c1ccccc1Cl. The largest absolute Gasteiger partial charge is 0.459 e. The molecular weight excluding hydrogens is 336 g/mol. The number of furan rings is 1. The van der Waals surface area contributed by atoms with Gasteiger partial charge in [0.2, 0.25) is 0 Å². The van der Waals surface area contributed by atoms with Crippen molar-refractivity contribution in [2.75, 3.05) is 0 Å². The fraction of sp³-hybridized carbons (Fsp3) is 0.0714. The van der Waals surface area contributed by atoms with E-state index >= 15 is 0 Å². The molecule has 0 fully saturated rings. The zero-order valence-corrected chi connectivity index (χ0v) is 12.8. The van der Waals surface area contributed by atoms with Gasteiger partial charge in [0, 0.05) is 0 Å². The highest BCUT2D eigenvalue weighted by Gasteiger charge is 2.15. The van der Waals surface area contributed by atoms with Crippen molar-refractivity contribution in [3.63, 3.8) is 0 Å². The van der Waals surface area contributed by atoms with Crippen molar-refractivity contribution in [3.05, 3.63) is 64.0 Å². The lowest BCUT2D eigenvalue weighted by Crippen LogP contribution is -2.25. The molecule has 3 heterocycles. The van der Waals surface area contributed by atoms with E-state index in [-0.39, 0.29) is 18.3 Å². The molecule has 0 spiro atoms. The lowest BCUT2D eigenvalue weighted by Gasteiger charge is -1.99. The number of para-hydroxylation sites is 1. The third kappa shape index (κ3) is 2.50. The van der Waals surface area contributed by atoms with Crippen LogP contribution in [0.25, 0.3) is 17.3 Å². The minimum atomic E-state index is -0.465. The first-order valence-electron chi connectivity index (χ1n) is 6.86. The van der Waals surface area contributed by atoms with E-state index in [2.05, 4.69) is 20.6 Å². The molecule has 1 aromatic carbocycles. The van der Waals surface area contributed by atoms with Gasteiger partial charge in [-0.2, -0.15) is 14.3 Å². The Hall–Kier alpha value is -3.20. The first kappa shape index (κ1) is 14.4. The van der Waals surface area contributed by atoms with E-state index in [0.29, 0.717) is 16.5 Å². The topological polar surface area (TPSA) is 105 Å². The third-order valence-corrected chi connectivity index (χ3v) is 3.53. The standard InChI is InChI=1S/C14H9ClN6O3/c15-9-4-1-2-5-10(9)21-14(22)20(18-19-21)8-12-16-13(24-17-12)11-6-3-7-23-11/h1-7H,8H2. The zero-order chi connectivity index (χ0) is 16.5. The van der Waals surface area contributed by atoms with Crippen LogP contribution in [0.5, 0.6) is 0 Å². The Balaban J connectivity index is 1.63. The third-order valence-electron chi connectivity index (χ3n) is 3.21. The van der Waals surface area contributed by atoms with Gasteiger partial charge >= 0.3 is 5.69 Å². The van der Waals surface area contributed by atoms with Gasteiger partial charge in [-0.1, -0.05) is 28.9 Å². The van der Waals surface area contributed by atoms with Crippen LogP contribution >= 0.6 is 11.6 Å². The molecule has 0 aliphatic heterocycles. The summed E-state index contributed by atoms with van der Waals surface area (Å²) in [6.07, 6.45) is 1.50. The molecule has 0 N–H and O–H groups in total. The Kier molecular flexibility index (Phi) is 3.47. The minimum Gasteiger partial charge on any atom is -0.459 e. The molecule has 0 radical (unpaired) electrons. The number of aromatic nitrogens is 6. The van der Waals surface area contributed by atoms with Crippen LogP contribution in [0.1, 0.15) is 5.82 Å². The van der Waals surface area contributed by atoms with E-state index in [0.717, 1.165) is 9.36 Å². The highest BCUT2D eigenvalue weighted by molar-refractivity contribution is 6.32. The van der Waals surface area contributed by atoms with Gasteiger partial charge < -0.3 is 8.94 Å². The summed E-state index contributed by atoms with van der Waals surface area (Å²) in [4.78, 5) is 16.6. The summed E-state index contributed by atoms with van der Waals surface area (Å²) in [6, 6.07) is 10.2. The van der Waals surface area contributed by atoms with Crippen LogP contribution in [0.4, 0.5) is 0 Å². The fourth-order valence-electron chi connectivity index (χ4n) is 2.10. The van der Waals surface area contributed by atoms with Crippen molar-refractivity contribution in [1.82, 2.24) is 29.9 Å². The molecule has 0 atom stereocenters. The molecular formula is C14H9ClN6O3. The van der Waals surface area contributed by atoms with Gasteiger partial charge in [0.25, 0.3) is 5.89 Å². The van der Waals surface area contributed by atoms with Crippen molar-refractivity contribution in [3.8, 4) is 17.3 Å². The fourth-order valence-corrected chi connectivity index (χ4v) is 2.32. The minimum absolute atomic E-state index is 0.00744. The number of hydrogen-bond acceptors (Lipinski definition) is 7. The summed E-state index contributed by atoms with van der Waals surface area (Å²) in [6.45, 7) is 0.00744. The summed E-state index contributed by atoms with van der Waals surface area (Å²) >= 11 is 6.07. The summed E-state index contributed by atoms with van der Waals surface area (Å²) in [5.74, 6) is 0.942. The van der Waals surface area contributed by atoms with E-state index in [9.17, 15) is 4.79 Å². The lowest BCUT2D eigenvalue weighted by molar-refractivity contribution is 0.405. The van der Waals surface area contributed by atoms with Gasteiger partial charge in [-0.25, -0.2) is 4.79 Å². The molecule has 4 rings (SSSR count). The first-order chi connectivity index (χ1) is 11.7. The number of nitrogens with zero attached hydrogens (tertiary/aromatic N) is 6. The van der Waals surface area contributed by atoms with E-state index in [1.165, 1.54) is 6.26 Å². The van der Waals surface area contributed by atoms with Crippen molar-refractivity contribution in [1.29, 1.82) is 0 Å². The summed E-state index contributed by atoms with van der Waals surface area (Å²) in [5.41, 5.74) is -0.0211. The van der Waals surface area contributed by atoms with Gasteiger partial charge in [-0.15, -0.1) is 0 Å². The van der Waals surface area contributed by atoms with Crippen LogP contribution in [0.3, 0.4) is 0 Å². The van der Waals surface area contributed by atoms with Crippen LogP contribution in [-0.2, 0) is 6.54 Å². The Labute approximate surface area is 139 Å². The van der Waals surface area contributed by atoms with Crippen molar-refractivity contribution in [2.24, 2.45) is 0 Å². The second kappa shape index (κ2) is 5.78. The van der Waals surface area contributed by atoms with Gasteiger partial charge in [0.1, 0.15) is 6.54 Å². The molecule has 0 saturated heterocycles. The average molecular weight is 345 g/mol. The number of rotatable bonds is 4. The van der Waals surface area contributed by atoms with E-state index in [1.54, 1.807) is 36.4 Å². The number of benzene rings is 1. The van der Waals surface area contributed by atoms with Crippen molar-refractivity contribution < 1.29 is 8.94 Å². The van der Waals surface area contributed by atoms with Gasteiger partial charge in [-0.3, -0.25) is 0 Å². The molecule has 0 unspecified atom stereocenters.